The van der Waals surface area contributed by atoms with E-state index in [1.165, 1.54) is 92.9 Å². The first-order chi connectivity index (χ1) is 27.1. The summed E-state index contributed by atoms with van der Waals surface area (Å²) >= 11 is 1.94. The Bertz CT molecular complexity index is 2700. The number of aryl methyl sites for hydroxylation is 2. The van der Waals surface area contributed by atoms with Crippen LogP contribution < -0.4 is 4.90 Å². The van der Waals surface area contributed by atoms with Crippen LogP contribution in [0.25, 0.3) is 60.8 Å². The van der Waals surface area contributed by atoms with Crippen LogP contribution in [0.1, 0.15) is 46.4 Å². The second-order valence-electron chi connectivity index (χ2n) is 14.4. The van der Waals surface area contributed by atoms with E-state index in [9.17, 15) is 0 Å². The van der Waals surface area contributed by atoms with Crippen LogP contribution in [0.3, 0.4) is 0 Å². The Morgan fingerprint density at radius 1 is 0.691 bits per heavy atom. The zero-order chi connectivity index (χ0) is 37.1. The number of benzene rings is 6. The van der Waals surface area contributed by atoms with Crippen molar-refractivity contribution in [1.29, 1.82) is 0 Å². The molecule has 0 bridgehead atoms. The number of allylic oxidation sites excluding steroid dienone is 8. The fourth-order valence-electron chi connectivity index (χ4n) is 8.15. The summed E-state index contributed by atoms with van der Waals surface area (Å²) in [6.45, 7) is 6.16. The lowest BCUT2D eigenvalue weighted by Gasteiger charge is -2.31. The molecule has 0 spiro atoms. The average molecular weight is 726 g/mol. The minimum absolute atomic E-state index is 0.847. The Kier molecular flexibility index (Phi) is 9.58. The fourth-order valence-corrected chi connectivity index (χ4v) is 9.33. The molecule has 1 nitrogen and oxygen atoms in total. The maximum Gasteiger partial charge on any atom is 0.0458 e. The largest absolute Gasteiger partial charge is 0.315 e. The molecule has 0 atom stereocenters. The van der Waals surface area contributed by atoms with Crippen molar-refractivity contribution in [2.45, 2.75) is 32.6 Å². The van der Waals surface area contributed by atoms with Crippen molar-refractivity contribution in [2.75, 3.05) is 4.90 Å². The molecule has 6 aromatic carbocycles. The summed E-state index contributed by atoms with van der Waals surface area (Å²) in [5.74, 6) is 0. The van der Waals surface area contributed by atoms with Crippen LogP contribution in [-0.2, 0) is 6.42 Å². The van der Waals surface area contributed by atoms with E-state index >= 15 is 0 Å². The lowest BCUT2D eigenvalue weighted by Crippen LogP contribution is -2.22. The van der Waals surface area contributed by atoms with Crippen LogP contribution in [-0.4, -0.2) is 0 Å². The summed E-state index contributed by atoms with van der Waals surface area (Å²) in [5.41, 5.74) is 15.1. The Labute approximate surface area is 328 Å². The topological polar surface area (TPSA) is 3.24 Å². The van der Waals surface area contributed by atoms with Crippen molar-refractivity contribution in [2.24, 2.45) is 0 Å². The molecule has 2 aliphatic rings. The van der Waals surface area contributed by atoms with Crippen molar-refractivity contribution in [3.8, 4) is 22.3 Å². The number of thiophene rings is 1. The van der Waals surface area contributed by atoms with Gasteiger partial charge in [0.25, 0.3) is 0 Å². The molecule has 55 heavy (non-hydrogen) atoms. The number of anilines is 1. The average Bonchev–Trinajstić information content (AvgIpc) is 3.44. The molecule has 7 aromatic rings. The van der Waals surface area contributed by atoms with E-state index in [1.54, 1.807) is 0 Å². The van der Waals surface area contributed by atoms with Crippen LogP contribution in [0, 0.1) is 6.92 Å². The van der Waals surface area contributed by atoms with Gasteiger partial charge in [-0.05, 0) is 130 Å². The highest BCUT2D eigenvalue weighted by molar-refractivity contribution is 7.19. The Balaban J connectivity index is 1.05. The SMILES string of the molecule is C=CC/C=C\c1c(-c2ccc(C3=CCC=C(N(C4=Cc5c(sc6ccccc56)CC4)c4ccc(-c5ccccc5)cc4)C=C3)cc2)cc2ccccc2c1C. The van der Waals surface area contributed by atoms with Crippen molar-refractivity contribution < 1.29 is 0 Å². The maximum atomic E-state index is 3.92. The van der Waals surface area contributed by atoms with Gasteiger partial charge in [0.15, 0.2) is 0 Å². The minimum atomic E-state index is 0.847. The third-order valence-corrected chi connectivity index (χ3v) is 12.2. The lowest BCUT2D eigenvalue weighted by molar-refractivity contribution is 0.895. The molecule has 0 unspecified atom stereocenters. The number of hydrogen-bond donors (Lipinski definition) is 0. The Morgan fingerprint density at radius 3 is 2.22 bits per heavy atom. The molecule has 0 aliphatic heterocycles. The van der Waals surface area contributed by atoms with E-state index in [0.29, 0.717) is 0 Å². The molecule has 0 saturated heterocycles. The summed E-state index contributed by atoms with van der Waals surface area (Å²) in [6.07, 6.45) is 22.0. The quantitative estimate of drug-likeness (QED) is 0.134. The second-order valence-corrected chi connectivity index (χ2v) is 15.5. The number of nitrogens with zero attached hydrogens (tertiary/aromatic N) is 1. The molecule has 9 rings (SSSR count). The van der Waals surface area contributed by atoms with Gasteiger partial charge in [0.1, 0.15) is 0 Å². The van der Waals surface area contributed by atoms with Gasteiger partial charge in [0.2, 0.25) is 0 Å². The molecule has 0 N–H and O–H groups in total. The van der Waals surface area contributed by atoms with Crippen LogP contribution in [0.15, 0.2) is 188 Å². The smallest absolute Gasteiger partial charge is 0.0458 e. The third kappa shape index (κ3) is 6.86. The molecule has 0 radical (unpaired) electrons. The van der Waals surface area contributed by atoms with E-state index in [2.05, 4.69) is 194 Å². The summed E-state index contributed by atoms with van der Waals surface area (Å²) in [7, 11) is 0. The summed E-state index contributed by atoms with van der Waals surface area (Å²) in [4.78, 5) is 3.98. The number of rotatable bonds is 9. The summed E-state index contributed by atoms with van der Waals surface area (Å²) in [6, 6.07) is 48.8. The molecule has 266 valence electrons. The molecule has 1 heterocycles. The van der Waals surface area contributed by atoms with Crippen molar-refractivity contribution in [3.63, 3.8) is 0 Å². The zero-order valence-electron chi connectivity index (χ0n) is 31.2. The third-order valence-electron chi connectivity index (χ3n) is 11.0. The first-order valence-electron chi connectivity index (χ1n) is 19.3. The van der Waals surface area contributed by atoms with E-state index in [1.807, 2.05) is 17.4 Å². The van der Waals surface area contributed by atoms with Gasteiger partial charge in [0.05, 0.1) is 0 Å². The van der Waals surface area contributed by atoms with Gasteiger partial charge in [-0.1, -0.05) is 146 Å². The van der Waals surface area contributed by atoms with Crippen molar-refractivity contribution in [1.82, 2.24) is 0 Å². The standard InChI is InChI=1S/C53H43NS/c1-3-4-6-20-48-37(2)47-19-10-9-16-43(47)35-50(48)42-25-23-40(24-26-42)39-17-13-18-44(30-27-39)54(45-31-28-41(29-32-45)38-14-7-5-8-15-38)46-33-34-53-51(36-46)49-21-11-12-22-52(49)55-53/h3,5-12,14-32,35-36H,1,4,13,33-34H2,2H3/b20-6-. The highest BCUT2D eigenvalue weighted by atomic mass is 32.1. The highest BCUT2D eigenvalue weighted by Crippen LogP contribution is 2.41. The second kappa shape index (κ2) is 15.3. The lowest BCUT2D eigenvalue weighted by atomic mass is 9.90. The molecule has 2 heteroatoms. The number of hydrogen-bond acceptors (Lipinski definition) is 2. The molecule has 0 saturated carbocycles. The summed E-state index contributed by atoms with van der Waals surface area (Å²) in [5, 5.41) is 3.92. The van der Waals surface area contributed by atoms with E-state index in [0.717, 1.165) is 25.7 Å². The van der Waals surface area contributed by atoms with Gasteiger partial charge in [-0.15, -0.1) is 17.9 Å². The van der Waals surface area contributed by atoms with Crippen molar-refractivity contribution in [3.05, 3.63) is 215 Å². The predicted molar refractivity (Wildman–Crippen MR) is 240 cm³/mol. The minimum Gasteiger partial charge on any atom is -0.315 e. The van der Waals surface area contributed by atoms with Gasteiger partial charge in [-0.3, -0.25) is 0 Å². The molecular weight excluding hydrogens is 683 g/mol. The normalized spacial score (nSPS) is 14.0. The Hall–Kier alpha value is -6.22. The van der Waals surface area contributed by atoms with Crippen LogP contribution in [0.5, 0.6) is 0 Å². The maximum absolute atomic E-state index is 3.92. The van der Waals surface area contributed by atoms with Gasteiger partial charge in [-0.25, -0.2) is 0 Å². The monoisotopic (exact) mass is 725 g/mol. The molecule has 2 aliphatic carbocycles. The van der Waals surface area contributed by atoms with Gasteiger partial charge in [-0.2, -0.15) is 0 Å². The summed E-state index contributed by atoms with van der Waals surface area (Å²) < 4.78 is 1.37. The van der Waals surface area contributed by atoms with E-state index in [-0.39, 0.29) is 0 Å². The predicted octanol–water partition coefficient (Wildman–Crippen LogP) is 15.0. The first-order valence-corrected chi connectivity index (χ1v) is 20.1. The Morgan fingerprint density at radius 2 is 1.40 bits per heavy atom. The van der Waals surface area contributed by atoms with Crippen LogP contribution >= 0.6 is 11.3 Å². The molecule has 0 amide bonds. The fraction of sp³-hybridized carbons (Fsp3) is 0.0943. The van der Waals surface area contributed by atoms with Crippen LogP contribution in [0.2, 0.25) is 0 Å². The van der Waals surface area contributed by atoms with Crippen molar-refractivity contribution >= 4 is 55.6 Å². The zero-order valence-corrected chi connectivity index (χ0v) is 32.0. The molecular formula is C53H43NS. The molecule has 0 fully saturated rings. The van der Waals surface area contributed by atoms with Gasteiger partial charge < -0.3 is 4.90 Å². The van der Waals surface area contributed by atoms with E-state index < -0.39 is 0 Å². The molecule has 1 aromatic heterocycles. The first kappa shape index (κ1) is 34.5. The van der Waals surface area contributed by atoms with E-state index in [4.69, 9.17) is 0 Å². The van der Waals surface area contributed by atoms with Gasteiger partial charge >= 0.3 is 0 Å². The highest BCUT2D eigenvalue weighted by Gasteiger charge is 2.23. The van der Waals surface area contributed by atoms with Gasteiger partial charge in [0, 0.05) is 32.0 Å². The van der Waals surface area contributed by atoms with Crippen LogP contribution in [0.4, 0.5) is 5.69 Å². The number of fused-ring (bicyclic) bond motifs is 4.